The first-order valence-corrected chi connectivity index (χ1v) is 9.31. The van der Waals surface area contributed by atoms with Crippen molar-refractivity contribution < 1.29 is 9.53 Å². The molecule has 1 saturated heterocycles. The molecule has 6 nitrogen and oxygen atoms in total. The van der Waals surface area contributed by atoms with Crippen molar-refractivity contribution in [1.29, 1.82) is 5.26 Å². The first-order chi connectivity index (χ1) is 12.9. The van der Waals surface area contributed by atoms with E-state index < -0.39 is 0 Å². The van der Waals surface area contributed by atoms with Crippen molar-refractivity contribution in [3.05, 3.63) is 41.6 Å². The Balaban J connectivity index is 1.87. The summed E-state index contributed by atoms with van der Waals surface area (Å²) in [5.41, 5.74) is 2.35. The number of hydrogen-bond acceptors (Lipinski definition) is 4. The minimum atomic E-state index is -0.156. The number of methoxy groups -OCH3 is 1. The molecule has 1 aliphatic heterocycles. The van der Waals surface area contributed by atoms with Gasteiger partial charge in [0.05, 0.1) is 22.9 Å². The molecule has 6 heteroatoms. The number of rotatable bonds is 4. The fourth-order valence-corrected chi connectivity index (χ4v) is 3.33. The van der Waals surface area contributed by atoms with Gasteiger partial charge in [0.25, 0.3) is 5.91 Å². The quantitative estimate of drug-likeness (QED) is 0.828. The van der Waals surface area contributed by atoms with E-state index in [0.717, 1.165) is 12.8 Å². The Labute approximate surface area is 160 Å². The Morgan fingerprint density at radius 1 is 1.30 bits per heavy atom. The average molecular weight is 366 g/mol. The normalized spacial score (nSPS) is 16.4. The SMILES string of the molecule is COC1(C)CCN(C(=O)c2ccc(C#N)c(-c3ccn(C(C)C)n3)c2)CC1. The van der Waals surface area contributed by atoms with Crippen molar-refractivity contribution in [2.24, 2.45) is 0 Å². The molecular formula is C21H26N4O2. The van der Waals surface area contributed by atoms with Gasteiger partial charge in [-0.1, -0.05) is 0 Å². The van der Waals surface area contributed by atoms with E-state index in [1.165, 1.54) is 0 Å². The number of piperidine rings is 1. The summed E-state index contributed by atoms with van der Waals surface area (Å²) < 4.78 is 7.41. The van der Waals surface area contributed by atoms with E-state index in [-0.39, 0.29) is 17.6 Å². The van der Waals surface area contributed by atoms with E-state index in [2.05, 4.69) is 18.1 Å². The van der Waals surface area contributed by atoms with Crippen LogP contribution in [0.15, 0.2) is 30.5 Å². The molecule has 27 heavy (non-hydrogen) atoms. The second-order valence-electron chi connectivity index (χ2n) is 7.59. The van der Waals surface area contributed by atoms with E-state index in [4.69, 9.17) is 4.74 Å². The fraction of sp³-hybridized carbons (Fsp3) is 0.476. The Hall–Kier alpha value is -2.65. The summed E-state index contributed by atoms with van der Waals surface area (Å²) >= 11 is 0. The second-order valence-corrected chi connectivity index (χ2v) is 7.59. The van der Waals surface area contributed by atoms with E-state index in [0.29, 0.717) is 35.5 Å². The van der Waals surface area contributed by atoms with Crippen LogP contribution in [0, 0.1) is 11.3 Å². The summed E-state index contributed by atoms with van der Waals surface area (Å²) in [6.45, 7) is 7.51. The smallest absolute Gasteiger partial charge is 0.253 e. The van der Waals surface area contributed by atoms with Gasteiger partial charge < -0.3 is 9.64 Å². The van der Waals surface area contributed by atoms with Gasteiger partial charge >= 0.3 is 0 Å². The summed E-state index contributed by atoms with van der Waals surface area (Å²) in [7, 11) is 1.72. The van der Waals surface area contributed by atoms with Crippen LogP contribution in [0.2, 0.25) is 0 Å². The van der Waals surface area contributed by atoms with Crippen LogP contribution in [0.25, 0.3) is 11.3 Å². The maximum Gasteiger partial charge on any atom is 0.253 e. The predicted molar refractivity (Wildman–Crippen MR) is 103 cm³/mol. The Kier molecular flexibility index (Phi) is 5.33. The van der Waals surface area contributed by atoms with Gasteiger partial charge in [0.15, 0.2) is 0 Å². The van der Waals surface area contributed by atoms with Crippen LogP contribution in [0.5, 0.6) is 0 Å². The van der Waals surface area contributed by atoms with Crippen LogP contribution < -0.4 is 0 Å². The zero-order valence-electron chi connectivity index (χ0n) is 16.4. The van der Waals surface area contributed by atoms with Crippen molar-refractivity contribution in [2.45, 2.75) is 45.3 Å². The number of benzene rings is 1. The van der Waals surface area contributed by atoms with Gasteiger partial charge in [0.2, 0.25) is 0 Å². The topological polar surface area (TPSA) is 71.2 Å². The maximum atomic E-state index is 13.0. The lowest BCUT2D eigenvalue weighted by molar-refractivity contribution is -0.0379. The molecule has 0 radical (unpaired) electrons. The summed E-state index contributed by atoms with van der Waals surface area (Å²) in [5, 5.41) is 14.0. The number of likely N-dealkylation sites (tertiary alicyclic amines) is 1. The van der Waals surface area contributed by atoms with Crippen LogP contribution in [-0.2, 0) is 4.74 Å². The Bertz CT molecular complexity index is 871. The average Bonchev–Trinajstić information content (AvgIpc) is 3.18. The van der Waals surface area contributed by atoms with Crippen molar-refractivity contribution in [1.82, 2.24) is 14.7 Å². The van der Waals surface area contributed by atoms with Crippen LogP contribution in [-0.4, -0.2) is 46.4 Å². The molecule has 0 spiro atoms. The first kappa shape index (κ1) is 19.1. The first-order valence-electron chi connectivity index (χ1n) is 9.31. The molecule has 0 aliphatic carbocycles. The van der Waals surface area contributed by atoms with E-state index in [1.54, 1.807) is 25.3 Å². The van der Waals surface area contributed by atoms with Gasteiger partial charge in [-0.25, -0.2) is 0 Å². The van der Waals surface area contributed by atoms with Crippen LogP contribution in [0.1, 0.15) is 55.6 Å². The van der Waals surface area contributed by atoms with Crippen molar-refractivity contribution >= 4 is 5.91 Å². The number of aromatic nitrogens is 2. The molecule has 0 atom stereocenters. The highest BCUT2D eigenvalue weighted by molar-refractivity contribution is 5.96. The number of nitriles is 1. The van der Waals surface area contributed by atoms with Crippen LogP contribution >= 0.6 is 0 Å². The highest BCUT2D eigenvalue weighted by Crippen LogP contribution is 2.28. The molecule has 0 N–H and O–H groups in total. The minimum Gasteiger partial charge on any atom is -0.378 e. The van der Waals surface area contributed by atoms with Gasteiger partial charge in [-0.15, -0.1) is 0 Å². The second kappa shape index (κ2) is 7.53. The monoisotopic (exact) mass is 366 g/mol. The molecule has 1 aromatic carbocycles. The van der Waals surface area contributed by atoms with E-state index >= 15 is 0 Å². The highest BCUT2D eigenvalue weighted by Gasteiger charge is 2.32. The molecule has 1 aromatic heterocycles. The third-order valence-corrected chi connectivity index (χ3v) is 5.40. The third-order valence-electron chi connectivity index (χ3n) is 5.40. The number of amides is 1. The largest absolute Gasteiger partial charge is 0.378 e. The molecule has 0 saturated carbocycles. The molecule has 1 aliphatic rings. The number of nitrogens with zero attached hydrogens (tertiary/aromatic N) is 4. The summed E-state index contributed by atoms with van der Waals surface area (Å²) in [6.07, 6.45) is 3.53. The van der Waals surface area contributed by atoms with Crippen molar-refractivity contribution in [2.75, 3.05) is 20.2 Å². The number of carbonyl (C=O) groups excluding carboxylic acids is 1. The van der Waals surface area contributed by atoms with Gasteiger partial charge in [0, 0.05) is 43.6 Å². The summed E-state index contributed by atoms with van der Waals surface area (Å²) in [5.74, 6) is -0.0119. The summed E-state index contributed by atoms with van der Waals surface area (Å²) in [6, 6.07) is 9.55. The van der Waals surface area contributed by atoms with Crippen molar-refractivity contribution in [3.8, 4) is 17.3 Å². The standard InChI is InChI=1S/C21H26N4O2/c1-15(2)25-10-7-19(23-25)18-13-16(5-6-17(18)14-22)20(26)24-11-8-21(3,27-4)9-12-24/h5-7,10,13,15H,8-9,11-12H2,1-4H3. The zero-order chi connectivity index (χ0) is 19.6. The van der Waals surface area contributed by atoms with Crippen LogP contribution in [0.4, 0.5) is 0 Å². The lowest BCUT2D eigenvalue weighted by Crippen LogP contribution is -2.46. The number of ether oxygens (including phenoxy) is 1. The molecular weight excluding hydrogens is 340 g/mol. The maximum absolute atomic E-state index is 13.0. The molecule has 1 amide bonds. The molecule has 2 heterocycles. The van der Waals surface area contributed by atoms with Crippen LogP contribution in [0.3, 0.4) is 0 Å². The fourth-order valence-electron chi connectivity index (χ4n) is 3.33. The molecule has 0 unspecified atom stereocenters. The van der Waals surface area contributed by atoms with Gasteiger partial charge in [-0.2, -0.15) is 10.4 Å². The van der Waals surface area contributed by atoms with E-state index in [1.807, 2.05) is 35.7 Å². The predicted octanol–water partition coefficient (Wildman–Crippen LogP) is 3.64. The Morgan fingerprint density at radius 2 is 2.00 bits per heavy atom. The number of hydrogen-bond donors (Lipinski definition) is 0. The number of carbonyl (C=O) groups is 1. The minimum absolute atomic E-state index is 0.0119. The summed E-state index contributed by atoms with van der Waals surface area (Å²) in [4.78, 5) is 14.8. The zero-order valence-corrected chi connectivity index (χ0v) is 16.4. The van der Waals surface area contributed by atoms with E-state index in [9.17, 15) is 10.1 Å². The van der Waals surface area contributed by atoms with Gasteiger partial charge in [0.1, 0.15) is 0 Å². The van der Waals surface area contributed by atoms with Gasteiger partial charge in [-0.3, -0.25) is 9.48 Å². The molecule has 3 rings (SSSR count). The third kappa shape index (κ3) is 3.88. The molecule has 2 aromatic rings. The molecule has 0 bridgehead atoms. The lowest BCUT2D eigenvalue weighted by Gasteiger charge is -2.38. The lowest BCUT2D eigenvalue weighted by atomic mass is 9.92. The molecule has 1 fully saturated rings. The Morgan fingerprint density at radius 3 is 2.56 bits per heavy atom. The molecule has 142 valence electrons. The van der Waals surface area contributed by atoms with Crippen molar-refractivity contribution in [3.63, 3.8) is 0 Å². The van der Waals surface area contributed by atoms with Gasteiger partial charge in [-0.05, 0) is 57.9 Å². The highest BCUT2D eigenvalue weighted by atomic mass is 16.5.